The summed E-state index contributed by atoms with van der Waals surface area (Å²) in [6.07, 6.45) is 0.493. The van der Waals surface area contributed by atoms with Gasteiger partial charge >= 0.3 is 6.61 Å². The van der Waals surface area contributed by atoms with Gasteiger partial charge in [-0.15, -0.1) is 0 Å². The number of carbonyl (C=O) groups is 2. The second-order valence-electron chi connectivity index (χ2n) is 9.81. The third-order valence-electron chi connectivity index (χ3n) is 7.57. The lowest BCUT2D eigenvalue weighted by Crippen LogP contribution is -2.45. The molecule has 8 nitrogen and oxygen atoms in total. The van der Waals surface area contributed by atoms with Gasteiger partial charge in [-0.1, -0.05) is 23.7 Å². The number of nitriles is 1. The Bertz CT molecular complexity index is 1500. The average Bonchev–Trinajstić information content (AvgIpc) is 3.26. The van der Waals surface area contributed by atoms with Gasteiger partial charge < -0.3 is 14.5 Å². The van der Waals surface area contributed by atoms with Gasteiger partial charge in [0, 0.05) is 30.1 Å². The van der Waals surface area contributed by atoms with E-state index in [4.69, 9.17) is 16.7 Å². The lowest BCUT2D eigenvalue weighted by molar-refractivity contribution is -0.0498. The van der Waals surface area contributed by atoms with Gasteiger partial charge in [0.25, 0.3) is 11.8 Å². The van der Waals surface area contributed by atoms with Crippen molar-refractivity contribution in [3.05, 3.63) is 80.6 Å². The molecule has 2 aliphatic heterocycles. The zero-order chi connectivity index (χ0) is 28.0. The summed E-state index contributed by atoms with van der Waals surface area (Å²) in [6.45, 7) is 3.75. The van der Waals surface area contributed by atoms with Gasteiger partial charge in [0.15, 0.2) is 0 Å². The smallest absolute Gasteiger partial charge is 0.387 e. The largest absolute Gasteiger partial charge is 0.435 e. The highest BCUT2D eigenvalue weighted by atomic mass is 35.5. The molecule has 39 heavy (non-hydrogen) atoms. The fourth-order valence-corrected chi connectivity index (χ4v) is 5.63. The number of hydrogen-bond acceptors (Lipinski definition) is 5. The SMILES string of the molecule is Cc1c(C(=O)N2Cc3c(nn4c3C(=O)N(C(C)c3ccc(OC(F)F)cc3)CC4)C[C@H]2C)ccc(Cl)c1C#N. The number of ether oxygens (including phenoxy) is 1. The maximum atomic E-state index is 13.8. The van der Waals surface area contributed by atoms with E-state index in [1.165, 1.54) is 12.1 Å². The molecule has 1 unspecified atom stereocenters. The number of halogens is 3. The summed E-state index contributed by atoms with van der Waals surface area (Å²) in [5.41, 5.74) is 3.93. The maximum Gasteiger partial charge on any atom is 0.387 e. The Morgan fingerprint density at radius 3 is 2.59 bits per heavy atom. The molecular weight excluding hydrogens is 528 g/mol. The van der Waals surface area contributed by atoms with Gasteiger partial charge in [0.05, 0.1) is 35.4 Å². The number of rotatable bonds is 5. The number of fused-ring (bicyclic) bond motifs is 3. The lowest BCUT2D eigenvalue weighted by atomic mass is 9.95. The quantitative estimate of drug-likeness (QED) is 0.437. The Hall–Kier alpha value is -3.97. The van der Waals surface area contributed by atoms with Gasteiger partial charge in [-0.2, -0.15) is 19.1 Å². The van der Waals surface area contributed by atoms with Crippen LogP contribution in [0.5, 0.6) is 5.75 Å². The molecule has 0 aliphatic carbocycles. The van der Waals surface area contributed by atoms with Crippen molar-refractivity contribution < 1.29 is 23.1 Å². The number of nitrogens with zero attached hydrogens (tertiary/aromatic N) is 5. The van der Waals surface area contributed by atoms with Gasteiger partial charge in [-0.25, -0.2) is 0 Å². The van der Waals surface area contributed by atoms with E-state index in [-0.39, 0.29) is 41.8 Å². The van der Waals surface area contributed by atoms with Crippen molar-refractivity contribution in [3.8, 4) is 11.8 Å². The summed E-state index contributed by atoms with van der Waals surface area (Å²) < 4.78 is 31.2. The number of carbonyl (C=O) groups excluding carboxylic acids is 2. The summed E-state index contributed by atoms with van der Waals surface area (Å²) in [7, 11) is 0. The summed E-state index contributed by atoms with van der Waals surface area (Å²) in [6, 6.07) is 11.0. The normalized spacial score (nSPS) is 17.5. The number of benzene rings is 2. The predicted octanol–water partition coefficient (Wildman–Crippen LogP) is 5.12. The van der Waals surface area contributed by atoms with E-state index in [1.54, 1.807) is 45.7 Å². The zero-order valence-corrected chi connectivity index (χ0v) is 22.4. The number of aromatic nitrogens is 2. The minimum Gasteiger partial charge on any atom is -0.435 e. The Morgan fingerprint density at radius 2 is 1.92 bits per heavy atom. The van der Waals surface area contributed by atoms with E-state index in [0.29, 0.717) is 41.4 Å². The van der Waals surface area contributed by atoms with Crippen molar-refractivity contribution in [2.45, 2.75) is 59.0 Å². The molecule has 0 fully saturated rings. The van der Waals surface area contributed by atoms with Crippen molar-refractivity contribution >= 4 is 23.4 Å². The summed E-state index contributed by atoms with van der Waals surface area (Å²) in [5.74, 6) is -0.389. The topological polar surface area (TPSA) is 91.5 Å². The Labute approximate surface area is 229 Å². The molecule has 0 bridgehead atoms. The van der Waals surface area contributed by atoms with Crippen molar-refractivity contribution in [1.29, 1.82) is 5.26 Å². The molecule has 0 radical (unpaired) electrons. The van der Waals surface area contributed by atoms with Crippen LogP contribution in [0.1, 0.15) is 68.7 Å². The Balaban J connectivity index is 1.42. The van der Waals surface area contributed by atoms with E-state index in [9.17, 15) is 23.6 Å². The van der Waals surface area contributed by atoms with E-state index >= 15 is 0 Å². The van der Waals surface area contributed by atoms with Gasteiger partial charge in [0.2, 0.25) is 0 Å². The molecule has 0 saturated heterocycles. The molecule has 3 aromatic rings. The number of amides is 2. The van der Waals surface area contributed by atoms with Crippen LogP contribution >= 0.6 is 11.6 Å². The monoisotopic (exact) mass is 553 g/mol. The predicted molar refractivity (Wildman–Crippen MR) is 139 cm³/mol. The molecule has 2 aliphatic rings. The molecule has 1 aromatic heterocycles. The lowest BCUT2D eigenvalue weighted by Gasteiger charge is -2.36. The number of alkyl halides is 2. The van der Waals surface area contributed by atoms with Crippen LogP contribution in [0.25, 0.3) is 0 Å². The standard InChI is InChI=1S/C28H26ClF2N5O3/c1-15-12-24-22(14-35(15)26(37)20-8-9-23(29)21(13-32)16(20)2)25-27(38)34(10-11-36(25)33-24)17(3)18-4-6-19(7-5-18)39-28(30)31/h4-9,15,17,28H,10-12,14H2,1-3H3/t15-,17?/m1/s1. The average molecular weight is 554 g/mol. The van der Waals surface area contributed by atoms with Crippen molar-refractivity contribution in [1.82, 2.24) is 19.6 Å². The molecule has 11 heteroatoms. The van der Waals surface area contributed by atoms with E-state index < -0.39 is 6.61 Å². The summed E-state index contributed by atoms with van der Waals surface area (Å²) >= 11 is 6.14. The van der Waals surface area contributed by atoms with Crippen LogP contribution in [0.2, 0.25) is 5.02 Å². The molecule has 202 valence electrons. The Morgan fingerprint density at radius 1 is 1.21 bits per heavy atom. The van der Waals surface area contributed by atoms with Crippen molar-refractivity contribution in [3.63, 3.8) is 0 Å². The van der Waals surface area contributed by atoms with Gasteiger partial charge in [0.1, 0.15) is 17.5 Å². The summed E-state index contributed by atoms with van der Waals surface area (Å²) in [4.78, 5) is 30.8. The molecule has 2 amide bonds. The van der Waals surface area contributed by atoms with Crippen molar-refractivity contribution in [2.24, 2.45) is 0 Å². The highest BCUT2D eigenvalue weighted by molar-refractivity contribution is 6.32. The second kappa shape index (κ2) is 10.3. The molecule has 2 atom stereocenters. The van der Waals surface area contributed by atoms with Crippen LogP contribution < -0.4 is 4.74 Å². The first-order valence-corrected chi connectivity index (χ1v) is 12.9. The zero-order valence-electron chi connectivity index (χ0n) is 21.6. The van der Waals surface area contributed by atoms with Crippen LogP contribution in [0, 0.1) is 18.3 Å². The van der Waals surface area contributed by atoms with Crippen LogP contribution in [0.3, 0.4) is 0 Å². The molecule has 0 N–H and O–H groups in total. The van der Waals surface area contributed by atoms with E-state index in [2.05, 4.69) is 10.8 Å². The molecular formula is C28H26ClF2N5O3. The highest BCUT2D eigenvalue weighted by Gasteiger charge is 2.38. The minimum absolute atomic E-state index is 0.0507. The van der Waals surface area contributed by atoms with Crippen LogP contribution in [-0.4, -0.2) is 50.6 Å². The highest BCUT2D eigenvalue weighted by Crippen LogP contribution is 2.33. The second-order valence-corrected chi connectivity index (χ2v) is 10.2. The third kappa shape index (κ3) is 4.72. The van der Waals surface area contributed by atoms with Gasteiger partial charge in [-0.05, 0) is 56.2 Å². The minimum atomic E-state index is -2.91. The molecule has 0 saturated carbocycles. The molecule has 5 rings (SSSR count). The van der Waals surface area contributed by atoms with Crippen LogP contribution in [0.4, 0.5) is 8.78 Å². The van der Waals surface area contributed by atoms with Crippen LogP contribution in [-0.2, 0) is 19.5 Å². The van der Waals surface area contributed by atoms with Crippen LogP contribution in [0.15, 0.2) is 36.4 Å². The fraction of sp³-hybridized carbons (Fsp3) is 0.357. The molecule has 3 heterocycles. The van der Waals surface area contributed by atoms with Crippen molar-refractivity contribution in [2.75, 3.05) is 6.54 Å². The first-order valence-electron chi connectivity index (χ1n) is 12.5. The number of hydrogen-bond donors (Lipinski definition) is 0. The molecule has 2 aromatic carbocycles. The summed E-state index contributed by atoms with van der Waals surface area (Å²) in [5, 5.41) is 14.5. The first kappa shape index (κ1) is 26.6. The fourth-order valence-electron chi connectivity index (χ4n) is 5.39. The maximum absolute atomic E-state index is 13.8. The van der Waals surface area contributed by atoms with Gasteiger partial charge in [-0.3, -0.25) is 14.3 Å². The first-order chi connectivity index (χ1) is 18.6. The van der Waals surface area contributed by atoms with E-state index in [0.717, 1.165) is 16.8 Å². The Kier molecular flexibility index (Phi) is 7.03. The molecule has 0 spiro atoms. The third-order valence-corrected chi connectivity index (χ3v) is 7.89. The van der Waals surface area contributed by atoms with E-state index in [1.807, 2.05) is 13.8 Å².